The Kier molecular flexibility index (Phi) is 6.29. The number of aromatic nitrogens is 3. The van der Waals surface area contributed by atoms with Gasteiger partial charge in [0.25, 0.3) is 0 Å². The van der Waals surface area contributed by atoms with Crippen molar-refractivity contribution in [2.75, 3.05) is 18.3 Å². The third-order valence-corrected chi connectivity index (χ3v) is 5.66. The van der Waals surface area contributed by atoms with Crippen molar-refractivity contribution in [3.8, 4) is 22.9 Å². The zero-order valence-electron chi connectivity index (χ0n) is 17.3. The molecule has 1 aliphatic rings. The zero-order valence-corrected chi connectivity index (χ0v) is 18.9. The number of methoxy groups -OCH3 is 1. The molecule has 2 heterocycles. The second-order valence-corrected chi connectivity index (χ2v) is 8.05. The van der Waals surface area contributed by atoms with Crippen LogP contribution >= 0.6 is 23.4 Å². The molecule has 0 aliphatic carbocycles. The van der Waals surface area contributed by atoms with Crippen LogP contribution in [-0.4, -0.2) is 34.5 Å². The molecule has 4 rings (SSSR count). The maximum atomic E-state index is 13.4. The SMILES string of the molecule is CCCC(=O)N1c2ccc(Cl)cc2-c2nnc(SC)nc2O[C@H]1c1ccccc1OC. The first-order valence-corrected chi connectivity index (χ1v) is 11.4. The summed E-state index contributed by atoms with van der Waals surface area (Å²) in [6, 6.07) is 12.8. The number of hydrogen-bond acceptors (Lipinski definition) is 7. The molecule has 0 unspecified atom stereocenters. The zero-order chi connectivity index (χ0) is 22.0. The molecule has 1 atom stereocenters. The number of benzene rings is 2. The van der Waals surface area contributed by atoms with Crippen molar-refractivity contribution in [2.24, 2.45) is 0 Å². The molecule has 0 saturated heterocycles. The fourth-order valence-electron chi connectivity index (χ4n) is 3.50. The molecule has 0 N–H and O–H groups in total. The van der Waals surface area contributed by atoms with Gasteiger partial charge in [-0.05, 0) is 43.0 Å². The van der Waals surface area contributed by atoms with Crippen LogP contribution in [0.4, 0.5) is 5.69 Å². The number of carbonyl (C=O) groups is 1. The van der Waals surface area contributed by atoms with Gasteiger partial charge in [0, 0.05) is 17.0 Å². The van der Waals surface area contributed by atoms with E-state index in [2.05, 4.69) is 15.2 Å². The van der Waals surface area contributed by atoms with Crippen LogP contribution in [0.25, 0.3) is 11.3 Å². The quantitative estimate of drug-likeness (QED) is 0.491. The lowest BCUT2D eigenvalue weighted by Gasteiger charge is -2.31. The predicted octanol–water partition coefficient (Wildman–Crippen LogP) is 5.15. The molecule has 1 amide bonds. The van der Waals surface area contributed by atoms with Gasteiger partial charge in [-0.1, -0.05) is 42.4 Å². The van der Waals surface area contributed by atoms with Crippen LogP contribution in [0, 0.1) is 0 Å². The van der Waals surface area contributed by atoms with E-state index in [1.54, 1.807) is 30.2 Å². The number of carbonyl (C=O) groups excluding carboxylic acids is 1. The fourth-order valence-corrected chi connectivity index (χ4v) is 3.97. The third-order valence-electron chi connectivity index (χ3n) is 4.89. The second kappa shape index (κ2) is 9.11. The summed E-state index contributed by atoms with van der Waals surface area (Å²) < 4.78 is 12.0. The molecule has 31 heavy (non-hydrogen) atoms. The summed E-state index contributed by atoms with van der Waals surface area (Å²) in [5.74, 6) is 0.797. The minimum absolute atomic E-state index is 0.0900. The van der Waals surface area contributed by atoms with Gasteiger partial charge in [0.1, 0.15) is 5.75 Å². The Balaban J connectivity index is 2.01. The molecule has 0 spiro atoms. The number of amides is 1. The highest BCUT2D eigenvalue weighted by atomic mass is 35.5. The molecule has 3 aromatic rings. The highest BCUT2D eigenvalue weighted by Crippen LogP contribution is 2.45. The molecule has 0 saturated carbocycles. The minimum Gasteiger partial charge on any atom is -0.496 e. The van der Waals surface area contributed by atoms with Gasteiger partial charge in [-0.2, -0.15) is 4.98 Å². The van der Waals surface area contributed by atoms with Crippen molar-refractivity contribution < 1.29 is 14.3 Å². The average molecular weight is 457 g/mol. The van der Waals surface area contributed by atoms with E-state index in [1.807, 2.05) is 37.4 Å². The summed E-state index contributed by atoms with van der Waals surface area (Å²) in [5.41, 5.74) is 2.40. The number of para-hydroxylation sites is 1. The van der Waals surface area contributed by atoms with Crippen molar-refractivity contribution in [1.82, 2.24) is 15.2 Å². The lowest BCUT2D eigenvalue weighted by atomic mass is 10.1. The van der Waals surface area contributed by atoms with Gasteiger partial charge in [-0.15, -0.1) is 10.2 Å². The van der Waals surface area contributed by atoms with Crippen LogP contribution < -0.4 is 14.4 Å². The maximum Gasteiger partial charge on any atom is 0.247 e. The summed E-state index contributed by atoms with van der Waals surface area (Å²) in [4.78, 5) is 19.5. The van der Waals surface area contributed by atoms with Crippen LogP contribution in [0.3, 0.4) is 0 Å². The number of thioether (sulfide) groups is 1. The van der Waals surface area contributed by atoms with Gasteiger partial charge in [-0.3, -0.25) is 9.69 Å². The van der Waals surface area contributed by atoms with Crippen molar-refractivity contribution in [2.45, 2.75) is 31.1 Å². The first-order chi connectivity index (χ1) is 15.1. The summed E-state index contributed by atoms with van der Waals surface area (Å²) >= 11 is 7.66. The van der Waals surface area contributed by atoms with Gasteiger partial charge < -0.3 is 9.47 Å². The van der Waals surface area contributed by atoms with E-state index in [0.29, 0.717) is 51.3 Å². The Morgan fingerprint density at radius 2 is 2.06 bits per heavy atom. The number of ether oxygens (including phenoxy) is 2. The molecule has 160 valence electrons. The van der Waals surface area contributed by atoms with E-state index in [-0.39, 0.29) is 11.8 Å². The van der Waals surface area contributed by atoms with Crippen LogP contribution in [0.15, 0.2) is 47.6 Å². The highest BCUT2D eigenvalue weighted by Gasteiger charge is 2.37. The number of halogens is 1. The van der Waals surface area contributed by atoms with Crippen LogP contribution in [0.2, 0.25) is 5.02 Å². The van der Waals surface area contributed by atoms with E-state index in [4.69, 9.17) is 21.1 Å². The molecular weight excluding hydrogens is 436 g/mol. The first kappa shape index (κ1) is 21.4. The molecular formula is C22H21ClN4O3S. The Hall–Kier alpha value is -2.84. The average Bonchev–Trinajstić information content (AvgIpc) is 2.93. The van der Waals surface area contributed by atoms with Crippen molar-refractivity contribution in [3.05, 3.63) is 53.1 Å². The van der Waals surface area contributed by atoms with Gasteiger partial charge >= 0.3 is 0 Å². The Bertz CT molecular complexity index is 1130. The van der Waals surface area contributed by atoms with E-state index >= 15 is 0 Å². The normalized spacial score (nSPS) is 14.8. The number of anilines is 1. The maximum absolute atomic E-state index is 13.4. The molecule has 2 aromatic carbocycles. The van der Waals surface area contributed by atoms with E-state index in [1.165, 1.54) is 11.8 Å². The molecule has 0 fully saturated rings. The minimum atomic E-state index is -0.803. The van der Waals surface area contributed by atoms with Crippen LogP contribution in [0.1, 0.15) is 31.6 Å². The second-order valence-electron chi connectivity index (χ2n) is 6.84. The smallest absolute Gasteiger partial charge is 0.247 e. The predicted molar refractivity (Wildman–Crippen MR) is 121 cm³/mol. The largest absolute Gasteiger partial charge is 0.496 e. The summed E-state index contributed by atoms with van der Waals surface area (Å²) in [6.45, 7) is 1.96. The fraction of sp³-hybridized carbons (Fsp3) is 0.273. The van der Waals surface area contributed by atoms with Gasteiger partial charge in [0.15, 0.2) is 5.69 Å². The molecule has 0 radical (unpaired) electrons. The van der Waals surface area contributed by atoms with Gasteiger partial charge in [0.2, 0.25) is 23.2 Å². The number of rotatable bonds is 5. The Morgan fingerprint density at radius 1 is 1.26 bits per heavy atom. The van der Waals surface area contributed by atoms with E-state index in [9.17, 15) is 4.79 Å². The standard InChI is InChI=1S/C22H21ClN4O3S/c1-4-7-18(28)27-16-11-10-13(23)12-15(16)19-20(24-22(31-3)26-25-19)30-21(27)14-8-5-6-9-17(14)29-2/h5-6,8-12,21H,4,7H2,1-3H3/t21-/m0/s1. The first-order valence-electron chi connectivity index (χ1n) is 9.77. The van der Waals surface area contributed by atoms with Crippen molar-refractivity contribution in [3.63, 3.8) is 0 Å². The van der Waals surface area contributed by atoms with Gasteiger partial charge in [-0.25, -0.2) is 0 Å². The third kappa shape index (κ3) is 4.05. The Morgan fingerprint density at radius 3 is 2.81 bits per heavy atom. The summed E-state index contributed by atoms with van der Waals surface area (Å²) in [5, 5.41) is 9.51. The molecule has 7 nitrogen and oxygen atoms in total. The summed E-state index contributed by atoms with van der Waals surface area (Å²) in [7, 11) is 1.59. The number of hydrogen-bond donors (Lipinski definition) is 0. The monoisotopic (exact) mass is 456 g/mol. The van der Waals surface area contributed by atoms with Gasteiger partial charge in [0.05, 0.1) is 18.4 Å². The van der Waals surface area contributed by atoms with Crippen molar-refractivity contribution in [1.29, 1.82) is 0 Å². The molecule has 1 aromatic heterocycles. The molecule has 9 heteroatoms. The lowest BCUT2D eigenvalue weighted by molar-refractivity contribution is -0.120. The van der Waals surface area contributed by atoms with E-state index < -0.39 is 6.23 Å². The van der Waals surface area contributed by atoms with Crippen LogP contribution in [-0.2, 0) is 4.79 Å². The summed E-state index contributed by atoms with van der Waals surface area (Å²) in [6.07, 6.45) is 2.10. The molecule has 0 bridgehead atoms. The Labute approximate surface area is 189 Å². The highest BCUT2D eigenvalue weighted by molar-refractivity contribution is 7.98. The topological polar surface area (TPSA) is 77.4 Å². The van der Waals surface area contributed by atoms with Crippen molar-refractivity contribution >= 4 is 35.0 Å². The number of nitrogens with zero attached hydrogens (tertiary/aromatic N) is 4. The number of fused-ring (bicyclic) bond motifs is 3. The molecule has 1 aliphatic heterocycles. The van der Waals surface area contributed by atoms with E-state index in [0.717, 1.165) is 0 Å². The van der Waals surface area contributed by atoms with Crippen LogP contribution in [0.5, 0.6) is 11.6 Å². The lowest BCUT2D eigenvalue weighted by Crippen LogP contribution is -2.37.